The van der Waals surface area contributed by atoms with Crippen molar-refractivity contribution in [2.75, 3.05) is 80.5 Å². The fraction of sp³-hybridized carbons (Fsp3) is 1.00. The van der Waals surface area contributed by atoms with E-state index in [0.717, 1.165) is 0 Å². The monoisotopic (exact) mass is 617 g/mol. The molecule has 9 rings (SSSR count). The van der Waals surface area contributed by atoms with E-state index < -0.39 is 0 Å². The second kappa shape index (κ2) is 11.6. The van der Waals surface area contributed by atoms with Gasteiger partial charge in [-0.2, -0.15) is 0 Å². The molecule has 12 heteroatoms. The van der Waals surface area contributed by atoms with Crippen molar-refractivity contribution >= 4 is 0 Å². The van der Waals surface area contributed by atoms with Crippen LogP contribution in [-0.2, 0) is 0 Å². The lowest BCUT2D eigenvalue weighted by molar-refractivity contribution is -0.890. The fourth-order valence-corrected chi connectivity index (χ4v) is 12.2. The molecule has 8 bridgehead atoms. The van der Waals surface area contributed by atoms with Crippen LogP contribution in [0.5, 0.6) is 0 Å². The van der Waals surface area contributed by atoms with Gasteiger partial charge in [-0.3, -0.25) is 42.5 Å². The minimum atomic E-state index is 0.352. The molecule has 0 spiro atoms. The third-order valence-corrected chi connectivity index (χ3v) is 14.5. The van der Waals surface area contributed by atoms with Gasteiger partial charge in [0.05, 0.1) is 130 Å². The SMILES string of the molecule is C[NH+]1CCC2C3NC(NC4NC(NC5NC(NC6NC(N3)C3C[NH+](C)CCC63)C3C[NH+](C)CCC53)C3C[NH+](C)CCC43)C2C1. The molecule has 9 aliphatic rings. The maximum atomic E-state index is 4.28. The quantitative estimate of drug-likeness (QED) is 0.130. The topological polar surface area (TPSA) is 114 Å². The lowest BCUT2D eigenvalue weighted by Gasteiger charge is -2.37. The van der Waals surface area contributed by atoms with E-state index in [1.165, 1.54) is 78.0 Å². The predicted octanol–water partition coefficient (Wildman–Crippen LogP) is -8.02. The second-order valence-electron chi connectivity index (χ2n) is 17.3. The van der Waals surface area contributed by atoms with E-state index in [9.17, 15) is 0 Å². The fourth-order valence-electron chi connectivity index (χ4n) is 12.2. The molecule has 0 aromatic rings. The summed E-state index contributed by atoms with van der Waals surface area (Å²) in [6.45, 7) is 10.2. The molecular weight excluding hydrogens is 552 g/mol. The van der Waals surface area contributed by atoms with E-state index in [0.29, 0.717) is 96.7 Å². The molecule has 9 heterocycles. The van der Waals surface area contributed by atoms with Crippen molar-refractivity contribution in [1.29, 1.82) is 0 Å². The van der Waals surface area contributed by atoms with Gasteiger partial charge in [0, 0.05) is 73.0 Å². The van der Waals surface area contributed by atoms with E-state index in [1.807, 2.05) is 0 Å². The Labute approximate surface area is 264 Å². The Kier molecular flexibility index (Phi) is 7.81. The average molecular weight is 617 g/mol. The summed E-state index contributed by atoms with van der Waals surface area (Å²) in [7, 11) is 9.64. The van der Waals surface area contributed by atoms with E-state index in [4.69, 9.17) is 0 Å². The molecule has 12 N–H and O–H groups in total. The van der Waals surface area contributed by atoms with E-state index in [-0.39, 0.29) is 0 Å². The molecule has 12 unspecified atom stereocenters. The Balaban J connectivity index is 1.06. The molecule has 0 aromatic heterocycles. The van der Waals surface area contributed by atoms with Gasteiger partial charge in [-0.25, -0.2) is 0 Å². The molecule has 9 fully saturated rings. The minimum Gasteiger partial charge on any atom is -0.337 e. The maximum absolute atomic E-state index is 4.28. The molecule has 0 saturated carbocycles. The first-order valence-corrected chi connectivity index (χ1v) is 18.7. The Morgan fingerprint density at radius 1 is 0.295 bits per heavy atom. The van der Waals surface area contributed by atoms with Gasteiger partial charge in [0.2, 0.25) is 0 Å². The molecular formula is C32H64N12+4. The Morgan fingerprint density at radius 3 is 0.682 bits per heavy atom. The van der Waals surface area contributed by atoms with Crippen molar-refractivity contribution in [3.05, 3.63) is 0 Å². The first kappa shape index (κ1) is 29.6. The van der Waals surface area contributed by atoms with Crippen LogP contribution in [0.1, 0.15) is 25.7 Å². The minimum absolute atomic E-state index is 0.352. The van der Waals surface area contributed by atoms with Crippen molar-refractivity contribution in [3.63, 3.8) is 0 Å². The summed E-state index contributed by atoms with van der Waals surface area (Å²) >= 11 is 0. The number of piperidine rings is 4. The Hall–Kier alpha value is -0.480. The van der Waals surface area contributed by atoms with Crippen LogP contribution in [0.25, 0.3) is 0 Å². The molecule has 9 saturated heterocycles. The third-order valence-electron chi connectivity index (χ3n) is 14.5. The number of nitrogens with one attached hydrogen (secondary N) is 12. The summed E-state index contributed by atoms with van der Waals surface area (Å²) < 4.78 is 0. The summed E-state index contributed by atoms with van der Waals surface area (Å²) in [5.74, 6) is 5.36. The van der Waals surface area contributed by atoms with Crippen LogP contribution in [0.2, 0.25) is 0 Å². The Bertz CT molecular complexity index is 889. The van der Waals surface area contributed by atoms with Crippen LogP contribution in [0.15, 0.2) is 0 Å². The number of quaternary nitrogens is 4. The molecule has 248 valence electrons. The largest absolute Gasteiger partial charge is 0.337 e. The first-order chi connectivity index (χ1) is 21.4. The first-order valence-electron chi connectivity index (χ1n) is 18.7. The highest BCUT2D eigenvalue weighted by atomic mass is 15.4. The van der Waals surface area contributed by atoms with Gasteiger partial charge < -0.3 is 19.6 Å². The lowest BCUT2D eigenvalue weighted by Crippen LogP contribution is -3.11. The van der Waals surface area contributed by atoms with Crippen molar-refractivity contribution in [3.8, 4) is 0 Å². The summed E-state index contributed by atoms with van der Waals surface area (Å²) in [6.07, 6.45) is 8.08. The van der Waals surface area contributed by atoms with Gasteiger partial charge in [0.15, 0.2) is 0 Å². The summed E-state index contributed by atoms with van der Waals surface area (Å²) in [5.41, 5.74) is 0. The highest BCUT2D eigenvalue weighted by Crippen LogP contribution is 2.38. The predicted molar refractivity (Wildman–Crippen MR) is 168 cm³/mol. The van der Waals surface area contributed by atoms with Gasteiger partial charge in [-0.1, -0.05) is 0 Å². The smallest absolute Gasteiger partial charge is 0.0829 e. The van der Waals surface area contributed by atoms with Gasteiger partial charge >= 0.3 is 0 Å². The van der Waals surface area contributed by atoms with Gasteiger partial charge in [0.25, 0.3) is 0 Å². The van der Waals surface area contributed by atoms with Crippen LogP contribution < -0.4 is 62.1 Å². The van der Waals surface area contributed by atoms with Crippen LogP contribution in [0, 0.1) is 47.3 Å². The number of hydrogen-bond donors (Lipinski definition) is 12. The van der Waals surface area contributed by atoms with Crippen LogP contribution >= 0.6 is 0 Å². The second-order valence-corrected chi connectivity index (χ2v) is 17.3. The number of fused-ring (bicyclic) bond motifs is 20. The number of hydrogen-bond acceptors (Lipinski definition) is 8. The molecule has 9 aliphatic heterocycles. The number of rotatable bonds is 0. The zero-order valence-corrected chi connectivity index (χ0v) is 27.7. The van der Waals surface area contributed by atoms with Crippen LogP contribution in [0.4, 0.5) is 0 Å². The summed E-state index contributed by atoms with van der Waals surface area (Å²) in [4.78, 5) is 6.79. The molecule has 0 amide bonds. The van der Waals surface area contributed by atoms with Crippen molar-refractivity contribution < 1.29 is 19.6 Å². The van der Waals surface area contributed by atoms with Crippen LogP contribution in [-0.4, -0.2) is 130 Å². The van der Waals surface area contributed by atoms with Crippen LogP contribution in [0.3, 0.4) is 0 Å². The molecule has 12 atom stereocenters. The van der Waals surface area contributed by atoms with E-state index >= 15 is 0 Å². The van der Waals surface area contributed by atoms with Gasteiger partial charge in [-0.05, 0) is 0 Å². The molecule has 0 aromatic carbocycles. The van der Waals surface area contributed by atoms with Gasteiger partial charge in [-0.15, -0.1) is 0 Å². The van der Waals surface area contributed by atoms with Gasteiger partial charge in [0.1, 0.15) is 0 Å². The van der Waals surface area contributed by atoms with Crippen molar-refractivity contribution in [2.45, 2.75) is 75.0 Å². The lowest BCUT2D eigenvalue weighted by atomic mass is 9.82. The average Bonchev–Trinajstić information content (AvgIpc) is 3.71. The summed E-state index contributed by atoms with van der Waals surface area (Å²) in [6, 6.07) is 0. The third kappa shape index (κ3) is 5.11. The highest BCUT2D eigenvalue weighted by Gasteiger charge is 2.57. The number of likely N-dealkylation sites (tertiary alicyclic amines) is 4. The maximum Gasteiger partial charge on any atom is 0.0829 e. The molecule has 0 aliphatic carbocycles. The standard InChI is InChI=1S/C32H60N12/c1-41-9-5-17-21(13-41)29-33-25(17)38-30-23-15-43(3)11-7-19(23)27(35-30)40-32-24-16-44(4)12-8-20(24)28(36-32)39-31-22-14-42(2)10-6-18(22)26(34-31)37-29/h17-40H,5-16H2,1-4H3/p+4. The molecule has 0 radical (unpaired) electrons. The zero-order valence-electron chi connectivity index (χ0n) is 27.7. The molecule has 12 nitrogen and oxygen atoms in total. The van der Waals surface area contributed by atoms with Crippen molar-refractivity contribution in [1.82, 2.24) is 42.5 Å². The Morgan fingerprint density at radius 2 is 0.477 bits per heavy atom. The molecule has 44 heavy (non-hydrogen) atoms. The summed E-state index contributed by atoms with van der Waals surface area (Å²) in [5, 5.41) is 33.9. The van der Waals surface area contributed by atoms with E-state index in [1.54, 1.807) is 19.6 Å². The zero-order chi connectivity index (χ0) is 29.7. The highest BCUT2D eigenvalue weighted by molar-refractivity contribution is 5.07. The van der Waals surface area contributed by atoms with E-state index in [2.05, 4.69) is 70.7 Å². The van der Waals surface area contributed by atoms with Crippen molar-refractivity contribution in [2.24, 2.45) is 47.3 Å². The normalized spacial score (nSPS) is 60.3.